The van der Waals surface area contributed by atoms with Crippen molar-refractivity contribution >= 4 is 437 Å². The summed E-state index contributed by atoms with van der Waals surface area (Å²) in [6.45, 7) is 1.87. The van der Waals surface area contributed by atoms with E-state index in [0.717, 1.165) is 0 Å². The number of hydrogen-bond acceptors (Lipinski definition) is 4. The molecule has 3 atom stereocenters. The van der Waals surface area contributed by atoms with E-state index in [0.29, 0.717) is 6.42 Å². The zero-order chi connectivity index (χ0) is 44.2. The van der Waals surface area contributed by atoms with Gasteiger partial charge >= 0.3 is 0 Å². The topological polar surface area (TPSA) is 29.1 Å². The van der Waals surface area contributed by atoms with Crippen LogP contribution in [0.2, 0.25) is 0 Å². The molecule has 0 amide bonds. The lowest BCUT2D eigenvalue weighted by atomic mass is 9.95. The molecule has 0 bridgehead atoms. The summed E-state index contributed by atoms with van der Waals surface area (Å²) in [5.74, 6) is -3.01. The molecule has 0 aromatic rings. The molecule has 0 radical (unpaired) electrons. The molecule has 1 heterocycles. The quantitative estimate of drug-likeness (QED) is 0.429. The van der Waals surface area contributed by atoms with Crippen LogP contribution in [0.15, 0.2) is 0 Å². The summed E-state index contributed by atoms with van der Waals surface area (Å²) < 4.78 is 25.4. The minimum Gasteiger partial charge on any atom is -0.310 e. The fourth-order valence-electron chi connectivity index (χ4n) is 2.58. The number of hydrogen-bond donors (Lipinski definition) is 1. The van der Waals surface area contributed by atoms with Gasteiger partial charge in [-0.2, -0.15) is 0 Å². The van der Waals surface area contributed by atoms with E-state index in [1.807, 2.05) is 291 Å². The standard InChI is InChI=1S/C9H13F2NO.S48/c1-5-2-6(13)3-8(12-5)7-4-9(7,10)11;1-3-5-7-9-11-13-15-17-19-21-23-25-27-29-31-33-35-37-39-41-43-45-47-48-46-44-42-40-38-36-34-32-30-28-26-24-22-20-18-16-14-12-10-8-6-4-2/h5,7-8,12H,2-4H2,1H3;. The van der Waals surface area contributed by atoms with Gasteiger partial charge in [-0.05, 0) is 6.92 Å². The number of ketones is 1. The first-order valence-corrected chi connectivity index (χ1v) is 75.1. The van der Waals surface area contributed by atoms with Crippen molar-refractivity contribution in [3.05, 3.63) is 0 Å². The van der Waals surface area contributed by atoms with Crippen LogP contribution in [0.5, 0.6) is 0 Å². The third kappa shape index (κ3) is 50.6. The minimum absolute atomic E-state index is 0.0509. The number of carbonyl (C=O) groups excluding carboxylic acids is 1. The molecule has 2 nitrogen and oxygen atoms in total. The van der Waals surface area contributed by atoms with Crippen molar-refractivity contribution in [2.24, 2.45) is 5.92 Å². The van der Waals surface area contributed by atoms with Crippen molar-refractivity contribution in [3.63, 3.8) is 0 Å². The van der Waals surface area contributed by atoms with E-state index in [2.05, 4.69) is 5.32 Å². The molecule has 1 saturated heterocycles. The highest BCUT2D eigenvalue weighted by molar-refractivity contribution is 8.82. The largest absolute Gasteiger partial charge is 0.310 e. The van der Waals surface area contributed by atoms with Crippen LogP contribution in [-0.4, -0.2) is 23.8 Å². The Morgan fingerprint density at radius 3 is 0.721 bits per heavy atom. The number of Topliss-reactive ketones (excluding diaryl/α,β-unsaturated/α-hetero) is 1. The number of piperidine rings is 1. The van der Waals surface area contributed by atoms with E-state index in [9.17, 15) is 13.6 Å². The summed E-state index contributed by atoms with van der Waals surface area (Å²) in [6, 6.07) is -0.228. The Bertz CT molecular complexity index is 3550. The van der Waals surface area contributed by atoms with Gasteiger partial charge in [0.15, 0.2) is 0 Å². The third-order valence-electron chi connectivity index (χ3n) is 4.09. The van der Waals surface area contributed by atoms with Gasteiger partial charge in [0.05, 0.1) is 0 Å². The molecule has 0 aromatic carbocycles. The lowest BCUT2D eigenvalue weighted by Crippen LogP contribution is -2.46. The first kappa shape index (κ1) is 69.1. The summed E-state index contributed by atoms with van der Waals surface area (Å²) in [5.41, 5.74) is 0. The Hall–Kier alpha value is 10.1. The van der Waals surface area contributed by atoms with E-state index in [-0.39, 0.29) is 30.7 Å². The Morgan fingerprint density at radius 1 is 0.393 bits per heavy atom. The van der Waals surface area contributed by atoms with E-state index in [1.165, 1.54) is 17.8 Å². The summed E-state index contributed by atoms with van der Waals surface area (Å²) >= 11 is 9.62. The van der Waals surface area contributed by atoms with Gasteiger partial charge in [0, 0.05) is 468 Å². The van der Waals surface area contributed by atoms with Crippen molar-refractivity contribution in [3.8, 4) is 0 Å². The monoisotopic (exact) mass is 1720 g/mol. The van der Waals surface area contributed by atoms with Gasteiger partial charge in [0.1, 0.15) is 5.78 Å². The van der Waals surface area contributed by atoms with Crippen molar-refractivity contribution in [2.45, 2.75) is 44.2 Å². The molecule has 0 spiro atoms. The number of halogens is 2. The molecule has 1 N–H and O–H groups in total. The van der Waals surface area contributed by atoms with Crippen LogP contribution in [0.3, 0.4) is 0 Å². The molecule has 2 rings (SSSR count). The molecule has 2 aliphatic rings. The molecule has 0 aromatic heterocycles. The predicted molar refractivity (Wildman–Crippen MR) is 397 cm³/mol. The maximum atomic E-state index is 12.7. The predicted octanol–water partition coefficient (Wildman–Crippen LogP) is 1.24. The van der Waals surface area contributed by atoms with E-state index in [4.69, 9.17) is 22.4 Å². The van der Waals surface area contributed by atoms with Crippen molar-refractivity contribution in [2.75, 3.05) is 0 Å². The fraction of sp³-hybridized carbons (Fsp3) is 0.889. The van der Waals surface area contributed by atoms with Crippen molar-refractivity contribution in [1.82, 2.24) is 5.32 Å². The first-order chi connectivity index (χ1) is 29.9. The van der Waals surface area contributed by atoms with Gasteiger partial charge in [0.2, 0.25) is 0 Å². The van der Waals surface area contributed by atoms with Gasteiger partial charge in [-0.25, -0.2) is 8.78 Å². The lowest BCUT2D eigenvalue weighted by molar-refractivity contribution is -0.121. The Balaban J connectivity index is 0.00000119. The fourth-order valence-corrected chi connectivity index (χ4v) is 123. The number of alkyl halides is 2. The maximum absolute atomic E-state index is 12.7. The van der Waals surface area contributed by atoms with Crippen LogP contribution >= 0.6 is 0 Å². The normalized spacial score (nSPS) is 15.3. The van der Waals surface area contributed by atoms with Crippen LogP contribution in [0.1, 0.15) is 26.2 Å². The van der Waals surface area contributed by atoms with E-state index >= 15 is 0 Å². The number of nitrogens with one attached hydrogen (secondary N) is 1. The Kier molecular flexibility index (Phi) is 62.1. The van der Waals surface area contributed by atoms with Gasteiger partial charge in [0.25, 0.3) is 5.92 Å². The Morgan fingerprint density at radius 2 is 0.574 bits per heavy atom. The summed E-state index contributed by atoms with van der Waals surface area (Å²) in [7, 11) is 82.0. The third-order valence-corrected chi connectivity index (χ3v) is 104. The van der Waals surface area contributed by atoms with Gasteiger partial charge < -0.3 is 5.32 Å². The second kappa shape index (κ2) is 54.8. The molecule has 1 aliphatic carbocycles. The molecule has 3 unspecified atom stereocenters. The van der Waals surface area contributed by atoms with Crippen LogP contribution in [0, 0.1) is 5.92 Å². The average molecular weight is 1730 g/mol. The summed E-state index contributed by atoms with van der Waals surface area (Å²) in [6.07, 6.45) is 0.712. The SMILES string of the molecule is CC1CC(=O)CC(C2CC2(F)F)N1.S=S=S=S=S=S=S=S=S=S=S=S=S=S=S=S=S=S=S=S=S=S=S=S=S=S=S=S=S=S=S=S=S=S=S=S=S=S=S=S=S=S=S=S=S=S=S=S. The molecule has 362 valence electrons. The number of rotatable bonds is 1. The summed E-state index contributed by atoms with van der Waals surface area (Å²) in [4.78, 5) is 11.1. The highest BCUT2D eigenvalue weighted by Crippen LogP contribution is 2.51. The van der Waals surface area contributed by atoms with Gasteiger partial charge in [-0.1, -0.05) is 0 Å². The van der Waals surface area contributed by atoms with Crippen molar-refractivity contribution < 1.29 is 13.6 Å². The maximum Gasteiger partial charge on any atom is 0.253 e. The molecule has 1 aliphatic heterocycles. The molecule has 61 heavy (non-hydrogen) atoms. The van der Waals surface area contributed by atoms with Crippen LogP contribution in [0.4, 0.5) is 8.78 Å². The van der Waals surface area contributed by atoms with Crippen LogP contribution < -0.4 is 5.32 Å². The van der Waals surface area contributed by atoms with Crippen LogP contribution in [0.25, 0.3) is 0 Å². The molecule has 52 heteroatoms. The number of carbonyl (C=O) groups is 1. The Labute approximate surface area is 492 Å². The minimum atomic E-state index is -2.52. The molecule has 1 saturated carbocycles. The molecular weight excluding hydrogens is 1720 g/mol. The van der Waals surface area contributed by atoms with Crippen molar-refractivity contribution in [1.29, 1.82) is 0 Å². The van der Waals surface area contributed by atoms with Crippen LogP contribution in [-0.2, 0) is 436 Å². The van der Waals surface area contributed by atoms with Gasteiger partial charge in [-0.15, -0.1) is 0 Å². The molecule has 2 fully saturated rings. The smallest absolute Gasteiger partial charge is 0.253 e. The van der Waals surface area contributed by atoms with E-state index in [1.54, 1.807) is 107 Å². The lowest BCUT2D eigenvalue weighted by Gasteiger charge is -2.27. The average Bonchev–Trinajstić information content (AvgIpc) is 3.89. The zero-order valence-corrected chi connectivity index (χ0v) is 66.3. The second-order valence-corrected chi connectivity index (χ2v) is 88.7. The highest BCUT2D eigenvalue weighted by atomic mass is 33.5. The highest BCUT2D eigenvalue weighted by Gasteiger charge is 2.61. The second-order valence-electron chi connectivity index (χ2n) is 7.32. The zero-order valence-electron chi connectivity index (χ0n) is 27.1. The first-order valence-electron chi connectivity index (χ1n) is 12.5. The molecular formula is C9H13F2NOS48. The summed E-state index contributed by atoms with van der Waals surface area (Å²) in [5, 5.41) is 3.06. The van der Waals surface area contributed by atoms with Gasteiger partial charge in [-0.3, -0.25) is 4.79 Å². The van der Waals surface area contributed by atoms with E-state index < -0.39 is 11.8 Å².